The van der Waals surface area contributed by atoms with Crippen molar-refractivity contribution in [2.24, 2.45) is 0 Å². The van der Waals surface area contributed by atoms with E-state index in [-0.39, 0.29) is 5.69 Å². The second-order valence-corrected chi connectivity index (χ2v) is 6.59. The highest BCUT2D eigenvalue weighted by molar-refractivity contribution is 5.95. The smallest absolute Gasteiger partial charge is 0.444 e. The second-order valence-electron chi connectivity index (χ2n) is 6.59. The largest absolute Gasteiger partial charge is 0.471 e. The molecule has 0 bridgehead atoms. The van der Waals surface area contributed by atoms with Crippen molar-refractivity contribution in [2.45, 2.75) is 45.5 Å². The summed E-state index contributed by atoms with van der Waals surface area (Å²) in [5, 5.41) is 1.83. The zero-order valence-electron chi connectivity index (χ0n) is 13.7. The summed E-state index contributed by atoms with van der Waals surface area (Å²) in [6, 6.07) is 4.50. The number of benzene rings is 1. The van der Waals surface area contributed by atoms with E-state index in [2.05, 4.69) is 0 Å². The number of alkyl halides is 3. The maximum Gasteiger partial charge on any atom is 0.471 e. The number of hydrogen-bond acceptors (Lipinski definition) is 3. The summed E-state index contributed by atoms with van der Waals surface area (Å²) in [6.07, 6.45) is -4.88. The maximum absolute atomic E-state index is 12.3. The molecule has 8 heteroatoms. The van der Waals surface area contributed by atoms with Crippen molar-refractivity contribution < 1.29 is 27.5 Å². The van der Waals surface area contributed by atoms with Gasteiger partial charge in [-0.3, -0.25) is 4.79 Å². The Kier molecular flexibility index (Phi) is 4.77. The maximum atomic E-state index is 12.3. The Morgan fingerprint density at radius 2 is 1.83 bits per heavy atom. The molecule has 0 saturated heterocycles. The molecule has 1 aliphatic rings. The molecule has 132 valence electrons. The first-order valence-electron chi connectivity index (χ1n) is 7.43. The van der Waals surface area contributed by atoms with Crippen LogP contribution in [0.15, 0.2) is 18.2 Å². The fourth-order valence-electron chi connectivity index (χ4n) is 2.32. The Morgan fingerprint density at radius 3 is 2.42 bits per heavy atom. The molecule has 0 fully saturated rings. The summed E-state index contributed by atoms with van der Waals surface area (Å²) in [4.78, 5) is 24.6. The number of carbonyl (C=O) groups is 2. The fraction of sp³-hybridized carbons (Fsp3) is 0.500. The highest BCUT2D eigenvalue weighted by atomic mass is 19.4. The van der Waals surface area contributed by atoms with Crippen LogP contribution in [0.2, 0.25) is 0 Å². The molecule has 0 radical (unpaired) electrons. The van der Waals surface area contributed by atoms with Crippen molar-refractivity contribution in [3.8, 4) is 0 Å². The molecule has 1 heterocycles. The topological polar surface area (TPSA) is 58.6 Å². The van der Waals surface area contributed by atoms with Crippen molar-refractivity contribution in [3.05, 3.63) is 29.3 Å². The van der Waals surface area contributed by atoms with E-state index in [0.717, 1.165) is 11.1 Å². The number of nitrogens with one attached hydrogen (secondary N) is 1. The minimum absolute atomic E-state index is 0.0850. The van der Waals surface area contributed by atoms with Crippen LogP contribution in [0.25, 0.3) is 0 Å². The van der Waals surface area contributed by atoms with Crippen molar-refractivity contribution in [3.63, 3.8) is 0 Å². The molecule has 1 aliphatic heterocycles. The third-order valence-corrected chi connectivity index (χ3v) is 3.39. The summed E-state index contributed by atoms with van der Waals surface area (Å²) < 4.78 is 42.1. The van der Waals surface area contributed by atoms with Gasteiger partial charge in [0.25, 0.3) is 0 Å². The lowest BCUT2D eigenvalue weighted by Crippen LogP contribution is -2.39. The molecular formula is C16H19F3N2O3. The molecule has 0 spiro atoms. The first-order chi connectivity index (χ1) is 11.0. The highest BCUT2D eigenvalue weighted by Gasteiger charge is 2.38. The van der Waals surface area contributed by atoms with Crippen molar-refractivity contribution in [2.75, 3.05) is 11.9 Å². The summed E-state index contributed by atoms with van der Waals surface area (Å²) >= 11 is 0. The van der Waals surface area contributed by atoms with E-state index >= 15 is 0 Å². The molecule has 1 aromatic carbocycles. The van der Waals surface area contributed by atoms with Gasteiger partial charge in [-0.2, -0.15) is 13.2 Å². The van der Waals surface area contributed by atoms with Gasteiger partial charge in [0.05, 0.1) is 0 Å². The van der Waals surface area contributed by atoms with E-state index < -0.39 is 23.8 Å². The summed E-state index contributed by atoms with van der Waals surface area (Å²) in [7, 11) is 0. The van der Waals surface area contributed by atoms with E-state index in [1.54, 1.807) is 31.7 Å². The van der Waals surface area contributed by atoms with Gasteiger partial charge in [-0.25, -0.2) is 4.79 Å². The summed E-state index contributed by atoms with van der Waals surface area (Å²) in [5.41, 5.74) is 1.11. The molecule has 1 aromatic rings. The predicted molar refractivity (Wildman–Crippen MR) is 81.5 cm³/mol. The van der Waals surface area contributed by atoms with Gasteiger partial charge in [0, 0.05) is 18.8 Å². The Labute approximate surface area is 137 Å². The van der Waals surface area contributed by atoms with Crippen LogP contribution in [0.3, 0.4) is 0 Å². The van der Waals surface area contributed by atoms with Crippen LogP contribution in [0.4, 0.5) is 23.7 Å². The predicted octanol–water partition coefficient (Wildman–Crippen LogP) is 3.48. The van der Waals surface area contributed by atoms with Gasteiger partial charge in [-0.1, -0.05) is 6.07 Å². The van der Waals surface area contributed by atoms with Gasteiger partial charge in [0.2, 0.25) is 0 Å². The average Bonchev–Trinajstić information content (AvgIpc) is 2.43. The van der Waals surface area contributed by atoms with Crippen LogP contribution >= 0.6 is 0 Å². The first-order valence-corrected chi connectivity index (χ1v) is 7.43. The first kappa shape index (κ1) is 18.1. The number of nitrogens with zero attached hydrogens (tertiary/aromatic N) is 1. The number of carbonyl (C=O) groups excluding carboxylic acids is 2. The summed E-state index contributed by atoms with van der Waals surface area (Å²) in [6.45, 7) is 6.05. The van der Waals surface area contributed by atoms with Crippen molar-refractivity contribution in [1.82, 2.24) is 4.90 Å². The molecule has 0 aliphatic carbocycles. The minimum Gasteiger partial charge on any atom is -0.444 e. The molecule has 0 saturated carbocycles. The molecule has 2 rings (SSSR count). The highest BCUT2D eigenvalue weighted by Crippen LogP contribution is 2.25. The van der Waals surface area contributed by atoms with E-state index in [1.807, 2.05) is 5.32 Å². The third-order valence-electron chi connectivity index (χ3n) is 3.39. The van der Waals surface area contributed by atoms with Gasteiger partial charge in [0.1, 0.15) is 5.60 Å². The molecule has 1 N–H and O–H groups in total. The normalized spacial score (nSPS) is 14.8. The Balaban J connectivity index is 2.07. The van der Waals surface area contributed by atoms with Crippen LogP contribution in [-0.4, -0.2) is 35.2 Å². The van der Waals surface area contributed by atoms with Crippen LogP contribution in [0.5, 0.6) is 0 Å². The van der Waals surface area contributed by atoms with Crippen molar-refractivity contribution in [1.29, 1.82) is 0 Å². The number of rotatable bonds is 1. The number of halogens is 3. The molecule has 24 heavy (non-hydrogen) atoms. The van der Waals surface area contributed by atoms with Gasteiger partial charge >= 0.3 is 18.2 Å². The standard InChI is InChI=1S/C16H19F3N2O3/c1-15(2,3)24-14(23)21-7-6-10-8-12(5-4-11(10)9-21)20-13(22)16(17,18)19/h4-5,8H,6-7,9H2,1-3H3,(H,20,22). The van der Waals surface area contributed by atoms with Crippen LogP contribution in [0.1, 0.15) is 31.9 Å². The minimum atomic E-state index is -4.93. The molecule has 2 amide bonds. The Bertz CT molecular complexity index is 651. The van der Waals surface area contributed by atoms with Gasteiger partial charge < -0.3 is 15.0 Å². The Morgan fingerprint density at radius 1 is 1.17 bits per heavy atom. The van der Waals surface area contributed by atoms with E-state index in [1.165, 1.54) is 12.1 Å². The van der Waals surface area contributed by atoms with Gasteiger partial charge in [0.15, 0.2) is 0 Å². The number of hydrogen-bond donors (Lipinski definition) is 1. The second kappa shape index (κ2) is 6.33. The molecule has 0 aromatic heterocycles. The SMILES string of the molecule is CC(C)(C)OC(=O)N1CCc2cc(NC(=O)C(F)(F)F)ccc2C1. The zero-order valence-corrected chi connectivity index (χ0v) is 13.7. The number of fused-ring (bicyclic) bond motifs is 1. The van der Waals surface area contributed by atoms with Gasteiger partial charge in [-0.05, 0) is 50.5 Å². The number of anilines is 1. The lowest BCUT2D eigenvalue weighted by Gasteiger charge is -2.31. The van der Waals surface area contributed by atoms with Crippen molar-refractivity contribution >= 4 is 17.7 Å². The van der Waals surface area contributed by atoms with Crippen LogP contribution in [-0.2, 0) is 22.5 Å². The number of ether oxygens (including phenoxy) is 1. The molecule has 0 unspecified atom stereocenters. The van der Waals surface area contributed by atoms with Crippen LogP contribution < -0.4 is 5.32 Å². The quantitative estimate of drug-likeness (QED) is 0.848. The fourth-order valence-corrected chi connectivity index (χ4v) is 2.32. The molecule has 0 atom stereocenters. The third kappa shape index (κ3) is 4.62. The van der Waals surface area contributed by atoms with Crippen LogP contribution in [0, 0.1) is 0 Å². The van der Waals surface area contributed by atoms with E-state index in [9.17, 15) is 22.8 Å². The lowest BCUT2D eigenvalue weighted by molar-refractivity contribution is -0.167. The molecular weight excluding hydrogens is 325 g/mol. The Hall–Kier alpha value is -2.25. The van der Waals surface area contributed by atoms with E-state index in [0.29, 0.717) is 19.5 Å². The zero-order chi connectivity index (χ0) is 18.1. The lowest BCUT2D eigenvalue weighted by atomic mass is 9.99. The number of amides is 2. The monoisotopic (exact) mass is 344 g/mol. The van der Waals surface area contributed by atoms with E-state index in [4.69, 9.17) is 4.74 Å². The molecule has 5 nitrogen and oxygen atoms in total. The average molecular weight is 344 g/mol. The van der Waals surface area contributed by atoms with Gasteiger partial charge in [-0.15, -0.1) is 0 Å². The summed E-state index contributed by atoms with van der Waals surface area (Å²) in [5.74, 6) is -2.01.